The van der Waals surface area contributed by atoms with E-state index in [1.807, 2.05) is 80.4 Å². The van der Waals surface area contributed by atoms with E-state index in [9.17, 15) is 4.79 Å². The molecule has 0 unspecified atom stereocenters. The highest BCUT2D eigenvalue weighted by Crippen LogP contribution is 2.27. The van der Waals surface area contributed by atoms with Crippen LogP contribution in [0.25, 0.3) is 0 Å². The van der Waals surface area contributed by atoms with Gasteiger partial charge in [0.1, 0.15) is 17.5 Å². The van der Waals surface area contributed by atoms with Gasteiger partial charge in [-0.05, 0) is 49.7 Å². The maximum Gasteiger partial charge on any atom is 0.323 e. The van der Waals surface area contributed by atoms with Crippen LogP contribution < -0.4 is 20.4 Å². The molecule has 3 aromatic rings. The van der Waals surface area contributed by atoms with Gasteiger partial charge in [0.15, 0.2) is 0 Å². The van der Waals surface area contributed by atoms with Crippen molar-refractivity contribution in [3.8, 4) is 0 Å². The summed E-state index contributed by atoms with van der Waals surface area (Å²) in [4.78, 5) is 25.9. The second kappa shape index (κ2) is 9.65. The van der Waals surface area contributed by atoms with Gasteiger partial charge in [0.25, 0.3) is 0 Å². The fourth-order valence-electron chi connectivity index (χ4n) is 3.60. The summed E-state index contributed by atoms with van der Waals surface area (Å²) in [6, 6.07) is 17.1. The summed E-state index contributed by atoms with van der Waals surface area (Å²) in [5.74, 6) is 2.40. The highest BCUT2D eigenvalue weighted by atomic mass is 16.5. The van der Waals surface area contributed by atoms with Crippen molar-refractivity contribution in [2.75, 3.05) is 53.8 Å². The number of anilines is 5. The highest BCUT2D eigenvalue weighted by Gasteiger charge is 2.16. The quantitative estimate of drug-likeness (QED) is 0.624. The summed E-state index contributed by atoms with van der Waals surface area (Å²) in [6.07, 6.45) is 0. The molecule has 2 amide bonds. The molecule has 1 aromatic heterocycles. The van der Waals surface area contributed by atoms with Gasteiger partial charge in [0, 0.05) is 43.3 Å². The largest absolute Gasteiger partial charge is 0.378 e. The lowest BCUT2D eigenvalue weighted by molar-refractivity contribution is 0.122. The Balaban J connectivity index is 1.49. The summed E-state index contributed by atoms with van der Waals surface area (Å²) in [5, 5.41) is 5.76. The second-order valence-corrected chi connectivity index (χ2v) is 7.79. The van der Waals surface area contributed by atoms with Crippen LogP contribution in [0, 0.1) is 13.8 Å². The average Bonchev–Trinajstić information content (AvgIpc) is 2.79. The Bertz CT molecular complexity index is 1100. The van der Waals surface area contributed by atoms with Gasteiger partial charge < -0.3 is 25.2 Å². The molecular weight excluding hydrogens is 404 g/mol. The predicted molar refractivity (Wildman–Crippen MR) is 128 cm³/mol. The lowest BCUT2D eigenvalue weighted by atomic mass is 10.2. The molecule has 8 nitrogen and oxygen atoms in total. The third-order valence-electron chi connectivity index (χ3n) is 5.26. The zero-order chi connectivity index (χ0) is 22.5. The Hall–Kier alpha value is -3.65. The number of morpholine rings is 1. The molecule has 1 aliphatic heterocycles. The van der Waals surface area contributed by atoms with Crippen LogP contribution in [0.1, 0.15) is 11.4 Å². The number of carbonyl (C=O) groups excluding carboxylic acids is 1. The van der Waals surface area contributed by atoms with Gasteiger partial charge in [-0.1, -0.05) is 18.2 Å². The van der Waals surface area contributed by atoms with Gasteiger partial charge in [-0.3, -0.25) is 0 Å². The number of hydrogen-bond donors (Lipinski definition) is 2. The number of carbonyl (C=O) groups is 1. The maximum atomic E-state index is 12.4. The smallest absolute Gasteiger partial charge is 0.323 e. The Morgan fingerprint density at radius 2 is 1.66 bits per heavy atom. The Morgan fingerprint density at radius 1 is 0.969 bits per heavy atom. The van der Waals surface area contributed by atoms with E-state index in [2.05, 4.69) is 25.5 Å². The van der Waals surface area contributed by atoms with Crippen LogP contribution in [0.2, 0.25) is 0 Å². The molecule has 0 radical (unpaired) electrons. The molecule has 0 bridgehead atoms. The molecule has 2 heterocycles. The summed E-state index contributed by atoms with van der Waals surface area (Å²) < 4.78 is 5.45. The summed E-state index contributed by atoms with van der Waals surface area (Å²) in [6.45, 7) is 6.92. The van der Waals surface area contributed by atoms with Crippen molar-refractivity contribution < 1.29 is 9.53 Å². The van der Waals surface area contributed by atoms with E-state index in [0.29, 0.717) is 24.7 Å². The number of aryl methyl sites for hydroxylation is 2. The number of rotatable bonds is 5. The number of urea groups is 1. The molecular formula is C24H28N6O2. The van der Waals surface area contributed by atoms with E-state index in [1.54, 1.807) is 0 Å². The van der Waals surface area contributed by atoms with Crippen LogP contribution in [0.5, 0.6) is 0 Å². The molecule has 1 aliphatic rings. The minimum atomic E-state index is -0.289. The number of ether oxygens (including phenoxy) is 1. The van der Waals surface area contributed by atoms with Gasteiger partial charge in [0.05, 0.1) is 13.2 Å². The van der Waals surface area contributed by atoms with Crippen LogP contribution in [-0.4, -0.2) is 49.4 Å². The van der Waals surface area contributed by atoms with Gasteiger partial charge in [0.2, 0.25) is 0 Å². The molecule has 0 aliphatic carbocycles. The first-order valence-corrected chi connectivity index (χ1v) is 10.6. The van der Waals surface area contributed by atoms with Crippen molar-refractivity contribution in [1.82, 2.24) is 9.97 Å². The molecule has 1 fully saturated rings. The van der Waals surface area contributed by atoms with Crippen molar-refractivity contribution >= 4 is 34.7 Å². The van der Waals surface area contributed by atoms with Gasteiger partial charge in [-0.2, -0.15) is 0 Å². The lowest BCUT2D eigenvalue weighted by Gasteiger charge is -2.29. The summed E-state index contributed by atoms with van der Waals surface area (Å²) in [5.41, 5.74) is 3.44. The molecule has 4 rings (SSSR count). The van der Waals surface area contributed by atoms with Crippen LogP contribution in [0.3, 0.4) is 0 Å². The Labute approximate surface area is 188 Å². The van der Waals surface area contributed by atoms with E-state index >= 15 is 0 Å². The van der Waals surface area contributed by atoms with Crippen molar-refractivity contribution in [1.29, 1.82) is 0 Å². The third kappa shape index (κ3) is 5.33. The number of nitrogens with zero attached hydrogens (tertiary/aromatic N) is 4. The maximum absolute atomic E-state index is 12.4. The minimum absolute atomic E-state index is 0.289. The highest BCUT2D eigenvalue weighted by molar-refractivity contribution is 6.00. The fourth-order valence-corrected chi connectivity index (χ4v) is 3.60. The standard InChI is InChI=1S/C24H28N6O2/c1-17-6-4-7-19(14-17)27-24(31)28-20-8-5-9-21(15-20)29(3)22-16-23(26-18(2)25-22)30-10-12-32-13-11-30/h4-9,14-16H,10-13H2,1-3H3,(H2,27,28,31). The molecule has 0 saturated carbocycles. The molecule has 0 spiro atoms. The monoisotopic (exact) mass is 432 g/mol. The summed E-state index contributed by atoms with van der Waals surface area (Å²) >= 11 is 0. The van der Waals surface area contributed by atoms with Crippen LogP contribution in [-0.2, 0) is 4.74 Å². The first-order valence-electron chi connectivity index (χ1n) is 10.6. The van der Waals surface area contributed by atoms with Crippen molar-refractivity contribution in [2.24, 2.45) is 0 Å². The predicted octanol–water partition coefficient (Wildman–Crippen LogP) is 4.34. The van der Waals surface area contributed by atoms with Crippen molar-refractivity contribution in [3.63, 3.8) is 0 Å². The van der Waals surface area contributed by atoms with Gasteiger partial charge in [-0.15, -0.1) is 0 Å². The van der Waals surface area contributed by atoms with Gasteiger partial charge >= 0.3 is 6.03 Å². The molecule has 2 aromatic carbocycles. The van der Waals surface area contributed by atoms with Crippen LogP contribution >= 0.6 is 0 Å². The summed E-state index contributed by atoms with van der Waals surface area (Å²) in [7, 11) is 1.96. The second-order valence-electron chi connectivity index (χ2n) is 7.79. The number of amides is 2. The minimum Gasteiger partial charge on any atom is -0.378 e. The topological polar surface area (TPSA) is 82.6 Å². The zero-order valence-electron chi connectivity index (χ0n) is 18.6. The van der Waals surface area contributed by atoms with Crippen molar-refractivity contribution in [2.45, 2.75) is 13.8 Å². The van der Waals surface area contributed by atoms with Crippen LogP contribution in [0.15, 0.2) is 54.6 Å². The first-order chi connectivity index (χ1) is 15.5. The number of benzene rings is 2. The van der Waals surface area contributed by atoms with Gasteiger partial charge in [-0.25, -0.2) is 14.8 Å². The lowest BCUT2D eigenvalue weighted by Crippen LogP contribution is -2.37. The van der Waals surface area contributed by atoms with Crippen molar-refractivity contribution in [3.05, 3.63) is 66.0 Å². The average molecular weight is 433 g/mol. The number of aromatic nitrogens is 2. The molecule has 2 N–H and O–H groups in total. The van der Waals surface area contributed by atoms with E-state index < -0.39 is 0 Å². The molecule has 1 saturated heterocycles. The Kier molecular flexibility index (Phi) is 6.51. The third-order valence-corrected chi connectivity index (χ3v) is 5.26. The number of hydrogen-bond acceptors (Lipinski definition) is 6. The molecule has 8 heteroatoms. The SMILES string of the molecule is Cc1cccc(NC(=O)Nc2cccc(N(C)c3cc(N4CCOCC4)nc(C)n3)c2)c1. The fraction of sp³-hybridized carbons (Fsp3) is 0.292. The molecule has 166 valence electrons. The van der Waals surface area contributed by atoms with Crippen LogP contribution in [0.4, 0.5) is 33.5 Å². The van der Waals surface area contributed by atoms with E-state index in [4.69, 9.17) is 4.74 Å². The zero-order valence-corrected chi connectivity index (χ0v) is 18.6. The molecule has 32 heavy (non-hydrogen) atoms. The first kappa shape index (κ1) is 21.6. The van der Waals surface area contributed by atoms with E-state index in [0.717, 1.165) is 41.7 Å². The van der Waals surface area contributed by atoms with E-state index in [1.165, 1.54) is 0 Å². The number of nitrogens with one attached hydrogen (secondary N) is 2. The Morgan fingerprint density at radius 3 is 2.38 bits per heavy atom. The normalized spacial score (nSPS) is 13.5. The molecule has 0 atom stereocenters. The van der Waals surface area contributed by atoms with E-state index in [-0.39, 0.29) is 6.03 Å².